The molecule has 1 aliphatic rings. The molecule has 0 radical (unpaired) electrons. The number of hydrogen-bond acceptors (Lipinski definition) is 1. The Hall–Kier alpha value is -0.330. The molecule has 0 spiro atoms. The van der Waals surface area contributed by atoms with Crippen molar-refractivity contribution in [1.82, 2.24) is 0 Å². The van der Waals surface area contributed by atoms with E-state index < -0.39 is 0 Å². The van der Waals surface area contributed by atoms with Crippen molar-refractivity contribution in [3.8, 4) is 0 Å². The van der Waals surface area contributed by atoms with Crippen molar-refractivity contribution in [2.75, 3.05) is 6.54 Å². The van der Waals surface area contributed by atoms with Gasteiger partial charge in [0.2, 0.25) is 0 Å². The van der Waals surface area contributed by atoms with Gasteiger partial charge in [-0.25, -0.2) is 0 Å². The molecule has 10 heavy (non-hydrogen) atoms. The molecule has 1 rings (SSSR count). The van der Waals surface area contributed by atoms with Crippen LogP contribution < -0.4 is 0 Å². The number of nitrogens with zero attached hydrogens (tertiary/aromatic N) is 1. The van der Waals surface area contributed by atoms with Gasteiger partial charge in [-0.2, -0.15) is 0 Å². The van der Waals surface area contributed by atoms with E-state index in [1.54, 1.807) is 0 Å². The van der Waals surface area contributed by atoms with Crippen molar-refractivity contribution in [3.63, 3.8) is 0 Å². The first-order valence-electron chi connectivity index (χ1n) is 4.27. The van der Waals surface area contributed by atoms with E-state index in [1.165, 1.54) is 18.6 Å². The van der Waals surface area contributed by atoms with Crippen LogP contribution in [0.25, 0.3) is 0 Å². The Morgan fingerprint density at radius 3 is 2.60 bits per heavy atom. The third kappa shape index (κ3) is 1.59. The lowest BCUT2D eigenvalue weighted by molar-refractivity contribution is 0.570. The fourth-order valence-electron chi connectivity index (χ4n) is 1.36. The summed E-state index contributed by atoms with van der Waals surface area (Å²) >= 11 is 0. The Morgan fingerprint density at radius 2 is 2.30 bits per heavy atom. The highest BCUT2D eigenvalue weighted by molar-refractivity contribution is 5.87. The van der Waals surface area contributed by atoms with Crippen molar-refractivity contribution in [3.05, 3.63) is 0 Å². The SMILES string of the molecule is CCC1CN=C(C(C)C)C1. The monoisotopic (exact) mass is 139 g/mol. The van der Waals surface area contributed by atoms with Crippen LogP contribution in [0.2, 0.25) is 0 Å². The minimum absolute atomic E-state index is 0.677. The smallest absolute Gasteiger partial charge is 0.0420 e. The molecule has 0 aromatic carbocycles. The predicted molar refractivity (Wildman–Crippen MR) is 45.5 cm³/mol. The first-order valence-corrected chi connectivity index (χ1v) is 4.27. The van der Waals surface area contributed by atoms with Gasteiger partial charge in [0.1, 0.15) is 0 Å². The highest BCUT2D eigenvalue weighted by atomic mass is 14.8. The van der Waals surface area contributed by atoms with Crippen LogP contribution in [0.3, 0.4) is 0 Å². The van der Waals surface area contributed by atoms with Crippen molar-refractivity contribution in [2.45, 2.75) is 33.6 Å². The van der Waals surface area contributed by atoms with Gasteiger partial charge in [-0.05, 0) is 18.3 Å². The maximum atomic E-state index is 4.50. The minimum Gasteiger partial charge on any atom is -0.294 e. The van der Waals surface area contributed by atoms with Gasteiger partial charge in [0.25, 0.3) is 0 Å². The molecule has 0 N–H and O–H groups in total. The zero-order chi connectivity index (χ0) is 7.56. The highest BCUT2D eigenvalue weighted by Gasteiger charge is 2.18. The molecule has 58 valence electrons. The van der Waals surface area contributed by atoms with Crippen LogP contribution in [-0.4, -0.2) is 12.3 Å². The van der Waals surface area contributed by atoms with Crippen molar-refractivity contribution >= 4 is 5.71 Å². The molecule has 0 fully saturated rings. The Labute approximate surface area is 63.5 Å². The molecule has 1 heterocycles. The lowest BCUT2D eigenvalue weighted by atomic mass is 9.98. The van der Waals surface area contributed by atoms with Crippen molar-refractivity contribution < 1.29 is 0 Å². The third-order valence-corrected chi connectivity index (χ3v) is 2.29. The van der Waals surface area contributed by atoms with Crippen LogP contribution in [0.15, 0.2) is 4.99 Å². The topological polar surface area (TPSA) is 12.4 Å². The highest BCUT2D eigenvalue weighted by Crippen LogP contribution is 2.20. The Kier molecular flexibility index (Phi) is 2.47. The lowest BCUT2D eigenvalue weighted by Gasteiger charge is -2.05. The summed E-state index contributed by atoms with van der Waals surface area (Å²) in [5.41, 5.74) is 1.44. The minimum atomic E-state index is 0.677. The molecule has 0 saturated carbocycles. The van der Waals surface area contributed by atoms with Crippen LogP contribution in [-0.2, 0) is 0 Å². The van der Waals surface area contributed by atoms with Gasteiger partial charge in [-0.3, -0.25) is 4.99 Å². The van der Waals surface area contributed by atoms with Crippen LogP contribution in [0.4, 0.5) is 0 Å². The summed E-state index contributed by atoms with van der Waals surface area (Å²) in [6.45, 7) is 7.81. The van der Waals surface area contributed by atoms with E-state index in [0.717, 1.165) is 12.5 Å². The molecule has 0 aliphatic carbocycles. The van der Waals surface area contributed by atoms with Gasteiger partial charge < -0.3 is 0 Å². The van der Waals surface area contributed by atoms with Crippen LogP contribution in [0, 0.1) is 11.8 Å². The van der Waals surface area contributed by atoms with E-state index in [-0.39, 0.29) is 0 Å². The molecule has 0 saturated heterocycles. The van der Waals surface area contributed by atoms with E-state index in [1.807, 2.05) is 0 Å². The largest absolute Gasteiger partial charge is 0.294 e. The molecule has 0 aromatic rings. The first kappa shape index (κ1) is 7.77. The van der Waals surface area contributed by atoms with E-state index in [0.29, 0.717) is 5.92 Å². The number of aliphatic imine (C=N–C) groups is 1. The average Bonchev–Trinajstić information content (AvgIpc) is 2.34. The molecular formula is C9H17N. The standard InChI is InChI=1S/C9H17N/c1-4-8-5-9(7(2)3)10-6-8/h7-8H,4-6H2,1-3H3. The summed E-state index contributed by atoms with van der Waals surface area (Å²) in [5, 5.41) is 0. The second-order valence-electron chi connectivity index (χ2n) is 3.47. The van der Waals surface area contributed by atoms with E-state index in [9.17, 15) is 0 Å². The second kappa shape index (κ2) is 3.18. The maximum absolute atomic E-state index is 4.50. The number of hydrogen-bond donors (Lipinski definition) is 0. The summed E-state index contributed by atoms with van der Waals surface area (Å²) in [6, 6.07) is 0. The number of rotatable bonds is 2. The fraction of sp³-hybridized carbons (Fsp3) is 0.889. The zero-order valence-electron chi connectivity index (χ0n) is 7.22. The molecule has 1 aliphatic heterocycles. The lowest BCUT2D eigenvalue weighted by Crippen LogP contribution is -2.06. The third-order valence-electron chi connectivity index (χ3n) is 2.29. The Bertz CT molecular complexity index is 136. The molecule has 1 nitrogen and oxygen atoms in total. The van der Waals surface area contributed by atoms with Gasteiger partial charge >= 0.3 is 0 Å². The van der Waals surface area contributed by atoms with Crippen molar-refractivity contribution in [1.29, 1.82) is 0 Å². The summed E-state index contributed by atoms with van der Waals surface area (Å²) < 4.78 is 0. The van der Waals surface area contributed by atoms with Crippen molar-refractivity contribution in [2.24, 2.45) is 16.8 Å². The maximum Gasteiger partial charge on any atom is 0.0420 e. The predicted octanol–water partition coefficient (Wildman–Crippen LogP) is 2.51. The van der Waals surface area contributed by atoms with E-state index in [4.69, 9.17) is 0 Å². The summed E-state index contributed by atoms with van der Waals surface area (Å²) in [4.78, 5) is 4.50. The van der Waals surface area contributed by atoms with Crippen LogP contribution >= 0.6 is 0 Å². The zero-order valence-corrected chi connectivity index (χ0v) is 7.22. The molecule has 1 unspecified atom stereocenters. The molecule has 0 aromatic heterocycles. The molecule has 1 atom stereocenters. The fourth-order valence-corrected chi connectivity index (χ4v) is 1.36. The quantitative estimate of drug-likeness (QED) is 0.557. The Balaban J connectivity index is 2.39. The first-order chi connectivity index (χ1) is 4.74. The second-order valence-corrected chi connectivity index (χ2v) is 3.47. The Morgan fingerprint density at radius 1 is 1.60 bits per heavy atom. The summed E-state index contributed by atoms with van der Waals surface area (Å²) in [5.74, 6) is 1.54. The van der Waals surface area contributed by atoms with Crippen LogP contribution in [0.1, 0.15) is 33.6 Å². The van der Waals surface area contributed by atoms with Gasteiger partial charge in [-0.1, -0.05) is 27.2 Å². The van der Waals surface area contributed by atoms with Gasteiger partial charge in [0, 0.05) is 12.3 Å². The molecule has 0 amide bonds. The summed E-state index contributed by atoms with van der Waals surface area (Å²) in [6.07, 6.45) is 2.55. The van der Waals surface area contributed by atoms with Crippen LogP contribution in [0.5, 0.6) is 0 Å². The van der Waals surface area contributed by atoms with Gasteiger partial charge in [0.15, 0.2) is 0 Å². The average molecular weight is 139 g/mol. The van der Waals surface area contributed by atoms with E-state index in [2.05, 4.69) is 25.8 Å². The molecule has 0 bridgehead atoms. The van der Waals surface area contributed by atoms with Gasteiger partial charge in [-0.15, -0.1) is 0 Å². The molecule has 1 heteroatoms. The normalized spacial score (nSPS) is 25.6. The van der Waals surface area contributed by atoms with Gasteiger partial charge in [0.05, 0.1) is 0 Å². The summed E-state index contributed by atoms with van der Waals surface area (Å²) in [7, 11) is 0. The van der Waals surface area contributed by atoms with E-state index >= 15 is 0 Å². The molecular weight excluding hydrogens is 122 g/mol.